The number of hydrogen-bond donors (Lipinski definition) is 1. The molecule has 0 saturated carbocycles. The molecule has 3 aromatic rings. The van der Waals surface area contributed by atoms with Gasteiger partial charge in [-0.2, -0.15) is 5.10 Å². The smallest absolute Gasteiger partial charge is 0.308 e. The highest BCUT2D eigenvalue weighted by atomic mass is 19.1. The van der Waals surface area contributed by atoms with Crippen LogP contribution in [-0.2, 0) is 19.5 Å². The number of rotatable bonds is 4. The third-order valence-corrected chi connectivity index (χ3v) is 5.01. The Morgan fingerprint density at radius 2 is 2.00 bits per heavy atom. The second kappa shape index (κ2) is 8.43. The molecule has 0 fully saturated rings. The van der Waals surface area contributed by atoms with E-state index >= 15 is 0 Å². The Balaban J connectivity index is 1.60. The van der Waals surface area contributed by atoms with Gasteiger partial charge in [0.15, 0.2) is 5.82 Å². The maximum absolute atomic E-state index is 13.4. The van der Waals surface area contributed by atoms with Crippen molar-refractivity contribution in [3.8, 4) is 0 Å². The van der Waals surface area contributed by atoms with Gasteiger partial charge in [0.1, 0.15) is 11.6 Å². The third kappa shape index (κ3) is 4.62. The molecule has 0 radical (unpaired) electrons. The first-order chi connectivity index (χ1) is 14.1. The van der Waals surface area contributed by atoms with Gasteiger partial charge in [-0.15, -0.1) is 0 Å². The molecular weight excluding hydrogens is 369 g/mol. The second-order valence-electron chi connectivity index (χ2n) is 7.34. The normalized spacial score (nSPS) is 13.4. The zero-order valence-corrected chi connectivity index (χ0v) is 16.4. The van der Waals surface area contributed by atoms with Crippen LogP contribution in [0.5, 0.6) is 0 Å². The van der Waals surface area contributed by atoms with E-state index in [0.29, 0.717) is 17.2 Å². The van der Waals surface area contributed by atoms with Gasteiger partial charge in [-0.1, -0.05) is 18.6 Å². The average molecular weight is 393 g/mol. The molecule has 0 atom stereocenters. The van der Waals surface area contributed by atoms with Crippen molar-refractivity contribution in [2.24, 2.45) is 0 Å². The standard InChI is InChI=1S/C22H24FN5O/c1-16-6-5-7-18(14-16)24-22(29)27(19-11-9-17(23)10-12-19)15-20-25-21-8-3-2-4-13-28(21)26-20/h5-7,9-12,14H,2-4,8,13,15H2,1H3,(H,24,29). The Kier molecular flexibility index (Phi) is 5.55. The number of nitrogens with one attached hydrogen (secondary N) is 1. The summed E-state index contributed by atoms with van der Waals surface area (Å²) in [6, 6.07) is 13.2. The highest BCUT2D eigenvalue weighted by Crippen LogP contribution is 2.20. The van der Waals surface area contributed by atoms with Crippen molar-refractivity contribution in [2.75, 3.05) is 10.2 Å². The highest BCUT2D eigenvalue weighted by Gasteiger charge is 2.21. The van der Waals surface area contributed by atoms with E-state index in [2.05, 4.69) is 15.4 Å². The van der Waals surface area contributed by atoms with E-state index in [9.17, 15) is 9.18 Å². The van der Waals surface area contributed by atoms with Gasteiger partial charge >= 0.3 is 6.03 Å². The van der Waals surface area contributed by atoms with Crippen LogP contribution >= 0.6 is 0 Å². The fourth-order valence-corrected chi connectivity index (χ4v) is 3.54. The lowest BCUT2D eigenvalue weighted by atomic mass is 10.2. The average Bonchev–Trinajstić information content (AvgIpc) is 2.95. The Bertz CT molecular complexity index is 975. The molecule has 1 aliphatic heterocycles. The van der Waals surface area contributed by atoms with E-state index in [0.717, 1.165) is 37.2 Å². The van der Waals surface area contributed by atoms with E-state index in [1.54, 1.807) is 12.1 Å². The van der Waals surface area contributed by atoms with Gasteiger partial charge in [-0.3, -0.25) is 4.90 Å². The maximum atomic E-state index is 13.4. The van der Waals surface area contributed by atoms with Gasteiger partial charge < -0.3 is 5.32 Å². The molecule has 0 spiro atoms. The number of aromatic nitrogens is 3. The van der Waals surface area contributed by atoms with E-state index in [1.807, 2.05) is 35.9 Å². The lowest BCUT2D eigenvalue weighted by molar-refractivity contribution is 0.256. The molecule has 7 heteroatoms. The van der Waals surface area contributed by atoms with Crippen LogP contribution in [0, 0.1) is 12.7 Å². The van der Waals surface area contributed by atoms with Crippen LogP contribution in [0.4, 0.5) is 20.6 Å². The van der Waals surface area contributed by atoms with Crippen LogP contribution in [0.25, 0.3) is 0 Å². The Morgan fingerprint density at radius 3 is 2.79 bits per heavy atom. The molecule has 1 aromatic heterocycles. The van der Waals surface area contributed by atoms with Crippen molar-refractivity contribution < 1.29 is 9.18 Å². The van der Waals surface area contributed by atoms with Crippen molar-refractivity contribution in [1.82, 2.24) is 14.8 Å². The summed E-state index contributed by atoms with van der Waals surface area (Å²) in [6.45, 7) is 3.03. The first-order valence-corrected chi connectivity index (χ1v) is 9.92. The second-order valence-corrected chi connectivity index (χ2v) is 7.34. The Labute approximate surface area is 169 Å². The molecule has 6 nitrogen and oxygen atoms in total. The minimum Gasteiger partial charge on any atom is -0.308 e. The van der Waals surface area contributed by atoms with E-state index < -0.39 is 0 Å². The van der Waals surface area contributed by atoms with Crippen LogP contribution < -0.4 is 10.2 Å². The molecule has 0 aliphatic carbocycles. The Morgan fingerprint density at radius 1 is 1.17 bits per heavy atom. The first kappa shape index (κ1) is 19.1. The first-order valence-electron chi connectivity index (χ1n) is 9.92. The van der Waals surface area contributed by atoms with Crippen LogP contribution in [0.2, 0.25) is 0 Å². The number of nitrogens with zero attached hydrogens (tertiary/aromatic N) is 4. The number of aryl methyl sites for hydroxylation is 3. The SMILES string of the molecule is Cc1cccc(NC(=O)N(Cc2nc3n(n2)CCCCC3)c2ccc(F)cc2)c1. The van der Waals surface area contributed by atoms with Crippen LogP contribution in [0.15, 0.2) is 48.5 Å². The van der Waals surface area contributed by atoms with Crippen LogP contribution in [0.3, 0.4) is 0 Å². The zero-order valence-electron chi connectivity index (χ0n) is 16.4. The molecule has 29 heavy (non-hydrogen) atoms. The quantitative estimate of drug-likeness (QED) is 0.699. The molecule has 2 amide bonds. The molecule has 1 aliphatic rings. The van der Waals surface area contributed by atoms with Crippen molar-refractivity contribution in [1.29, 1.82) is 0 Å². The van der Waals surface area contributed by atoms with Crippen molar-refractivity contribution in [2.45, 2.75) is 45.7 Å². The van der Waals surface area contributed by atoms with Crippen molar-refractivity contribution >= 4 is 17.4 Å². The number of carbonyl (C=O) groups excluding carboxylic acids is 1. The molecule has 0 unspecified atom stereocenters. The summed E-state index contributed by atoms with van der Waals surface area (Å²) in [6.07, 6.45) is 4.28. The third-order valence-electron chi connectivity index (χ3n) is 5.01. The number of carbonyl (C=O) groups is 1. The predicted molar refractivity (Wildman–Crippen MR) is 110 cm³/mol. The molecule has 0 saturated heterocycles. The summed E-state index contributed by atoms with van der Waals surface area (Å²) in [4.78, 5) is 19.3. The number of amides is 2. The van der Waals surface area contributed by atoms with Gasteiger partial charge in [0.25, 0.3) is 0 Å². The lowest BCUT2D eigenvalue weighted by Gasteiger charge is -2.22. The van der Waals surface area contributed by atoms with E-state index in [1.165, 1.54) is 23.5 Å². The Hall–Kier alpha value is -3.22. The molecule has 2 aromatic carbocycles. The number of hydrogen-bond acceptors (Lipinski definition) is 3. The van der Waals surface area contributed by atoms with Gasteiger partial charge in [0.2, 0.25) is 0 Å². The molecule has 4 rings (SSSR count). The fourth-order valence-electron chi connectivity index (χ4n) is 3.54. The van der Waals surface area contributed by atoms with Crippen LogP contribution in [-0.4, -0.2) is 20.8 Å². The number of halogens is 1. The lowest BCUT2D eigenvalue weighted by Crippen LogP contribution is -2.35. The summed E-state index contributed by atoms with van der Waals surface area (Å²) in [7, 11) is 0. The van der Waals surface area contributed by atoms with E-state index in [4.69, 9.17) is 0 Å². The topological polar surface area (TPSA) is 63.1 Å². The van der Waals surface area contributed by atoms with Crippen molar-refractivity contribution in [3.63, 3.8) is 0 Å². The van der Waals surface area contributed by atoms with Gasteiger partial charge in [0, 0.05) is 24.3 Å². The predicted octanol–water partition coefficient (Wildman–Crippen LogP) is 4.69. The van der Waals surface area contributed by atoms with E-state index in [-0.39, 0.29) is 18.4 Å². The minimum absolute atomic E-state index is 0.212. The number of fused-ring (bicyclic) bond motifs is 1. The van der Waals surface area contributed by atoms with Crippen molar-refractivity contribution in [3.05, 3.63) is 71.6 Å². The highest BCUT2D eigenvalue weighted by molar-refractivity contribution is 6.01. The van der Waals surface area contributed by atoms with Gasteiger partial charge in [-0.05, 0) is 61.7 Å². The zero-order chi connectivity index (χ0) is 20.2. The van der Waals surface area contributed by atoms with Gasteiger partial charge in [0.05, 0.1) is 6.54 Å². The molecule has 0 bridgehead atoms. The summed E-state index contributed by atoms with van der Waals surface area (Å²) < 4.78 is 15.4. The monoisotopic (exact) mass is 393 g/mol. The van der Waals surface area contributed by atoms with Gasteiger partial charge in [-0.25, -0.2) is 18.9 Å². The molecule has 1 N–H and O–H groups in total. The summed E-state index contributed by atoms with van der Waals surface area (Å²) >= 11 is 0. The summed E-state index contributed by atoms with van der Waals surface area (Å²) in [5, 5.41) is 7.53. The number of anilines is 2. The van der Waals surface area contributed by atoms with Crippen LogP contribution in [0.1, 0.15) is 36.5 Å². The maximum Gasteiger partial charge on any atom is 0.326 e. The molecule has 2 heterocycles. The largest absolute Gasteiger partial charge is 0.326 e. The summed E-state index contributed by atoms with van der Waals surface area (Å²) in [5.74, 6) is 1.21. The number of urea groups is 1. The molecule has 150 valence electrons. The fraction of sp³-hybridized carbons (Fsp3) is 0.318. The number of benzene rings is 2. The molecular formula is C22H24FN5O. The minimum atomic E-state index is -0.348. The summed E-state index contributed by atoms with van der Waals surface area (Å²) in [5.41, 5.74) is 2.34.